The normalized spacial score (nSPS) is 15.6. The highest BCUT2D eigenvalue weighted by atomic mass is 14.9. The number of nitrogens with zero attached hydrogens (tertiary/aromatic N) is 3. The quantitative estimate of drug-likeness (QED) is 0.244. The standard InChI is InChI=1S/C32H21N3/c1-32-14-18-6-2-4-8-20(18)26-28-22-10-12-33-16-24(22)35-25-17-34-13-11-23(25)29(31(28)35)27(30(26)32)21-9-5-3-7-19(21)15-32/h2-13,16-17H,14-15H2,1H3. The third kappa shape index (κ3) is 1.97. The number of fused-ring (bicyclic) bond motifs is 12. The number of hydrogen-bond donors (Lipinski definition) is 0. The highest BCUT2D eigenvalue weighted by molar-refractivity contribution is 6.31. The zero-order valence-electron chi connectivity index (χ0n) is 19.3. The van der Waals surface area contributed by atoms with Gasteiger partial charge in [-0.05, 0) is 63.9 Å². The van der Waals surface area contributed by atoms with E-state index in [1.165, 1.54) is 66.0 Å². The highest BCUT2D eigenvalue weighted by Crippen LogP contribution is 2.59. The van der Waals surface area contributed by atoms with Crippen LogP contribution >= 0.6 is 0 Å². The Morgan fingerprint density at radius 2 is 1.20 bits per heavy atom. The molecule has 2 aliphatic carbocycles. The van der Waals surface area contributed by atoms with Crippen molar-refractivity contribution in [1.82, 2.24) is 14.4 Å². The van der Waals surface area contributed by atoms with Gasteiger partial charge in [0, 0.05) is 39.4 Å². The van der Waals surface area contributed by atoms with Crippen LogP contribution in [0.4, 0.5) is 0 Å². The Hall–Kier alpha value is -4.24. The van der Waals surface area contributed by atoms with E-state index in [0.717, 1.165) is 23.9 Å². The largest absolute Gasteiger partial charge is 0.305 e. The number of aromatic nitrogens is 3. The van der Waals surface area contributed by atoms with Crippen LogP contribution in [0.15, 0.2) is 85.5 Å². The van der Waals surface area contributed by atoms with Crippen molar-refractivity contribution in [2.45, 2.75) is 25.2 Å². The van der Waals surface area contributed by atoms with Crippen LogP contribution in [-0.4, -0.2) is 14.4 Å². The maximum atomic E-state index is 4.55. The Bertz CT molecular complexity index is 1890. The minimum absolute atomic E-state index is 0.0370. The molecule has 7 aromatic rings. The number of hydrogen-bond acceptors (Lipinski definition) is 2. The molecule has 3 aromatic carbocycles. The van der Waals surface area contributed by atoms with Crippen LogP contribution in [0.5, 0.6) is 0 Å². The molecule has 0 spiro atoms. The summed E-state index contributed by atoms with van der Waals surface area (Å²) in [6, 6.07) is 22.5. The lowest BCUT2D eigenvalue weighted by Gasteiger charge is -2.43. The van der Waals surface area contributed by atoms with Crippen molar-refractivity contribution in [2.75, 3.05) is 0 Å². The van der Waals surface area contributed by atoms with E-state index in [0.29, 0.717) is 0 Å². The summed E-state index contributed by atoms with van der Waals surface area (Å²) in [5, 5.41) is 5.29. The Kier molecular flexibility index (Phi) is 3.04. The van der Waals surface area contributed by atoms with Crippen LogP contribution < -0.4 is 0 Å². The van der Waals surface area contributed by atoms with Gasteiger partial charge in [-0.3, -0.25) is 9.97 Å². The fraction of sp³-hybridized carbons (Fsp3) is 0.125. The predicted octanol–water partition coefficient (Wildman–Crippen LogP) is 7.33. The van der Waals surface area contributed by atoms with Crippen LogP contribution in [0.1, 0.15) is 23.6 Å². The molecule has 4 aromatic heterocycles. The topological polar surface area (TPSA) is 30.2 Å². The Labute approximate surface area is 202 Å². The summed E-state index contributed by atoms with van der Waals surface area (Å²) in [6.07, 6.45) is 10.0. The summed E-state index contributed by atoms with van der Waals surface area (Å²) in [7, 11) is 0. The minimum atomic E-state index is 0.0370. The molecule has 0 N–H and O–H groups in total. The zero-order chi connectivity index (χ0) is 22.9. The van der Waals surface area contributed by atoms with E-state index < -0.39 is 0 Å². The lowest BCUT2D eigenvalue weighted by molar-refractivity contribution is 0.458. The van der Waals surface area contributed by atoms with Crippen LogP contribution in [0.25, 0.3) is 60.3 Å². The fourth-order valence-corrected chi connectivity index (χ4v) is 7.47. The van der Waals surface area contributed by atoms with E-state index in [-0.39, 0.29) is 5.41 Å². The van der Waals surface area contributed by atoms with Crippen molar-refractivity contribution in [3.8, 4) is 22.3 Å². The van der Waals surface area contributed by atoms with Gasteiger partial charge in [-0.25, -0.2) is 0 Å². The van der Waals surface area contributed by atoms with Crippen LogP contribution in [0.2, 0.25) is 0 Å². The second-order valence-corrected chi connectivity index (χ2v) is 10.6. The van der Waals surface area contributed by atoms with Gasteiger partial charge in [-0.1, -0.05) is 55.5 Å². The molecular formula is C32H21N3. The first-order valence-corrected chi connectivity index (χ1v) is 12.3. The summed E-state index contributed by atoms with van der Waals surface area (Å²) in [4.78, 5) is 9.09. The molecule has 0 unspecified atom stereocenters. The lowest BCUT2D eigenvalue weighted by Crippen LogP contribution is -2.35. The summed E-state index contributed by atoms with van der Waals surface area (Å²) < 4.78 is 2.41. The number of pyridine rings is 2. The van der Waals surface area contributed by atoms with Crippen molar-refractivity contribution in [3.05, 3.63) is 102 Å². The molecule has 0 radical (unpaired) electrons. The van der Waals surface area contributed by atoms with E-state index in [1.807, 2.05) is 24.8 Å². The summed E-state index contributed by atoms with van der Waals surface area (Å²) in [5.41, 5.74) is 13.7. The maximum Gasteiger partial charge on any atom is 0.0725 e. The molecule has 9 rings (SSSR count). The van der Waals surface area contributed by atoms with Gasteiger partial charge < -0.3 is 4.40 Å². The smallest absolute Gasteiger partial charge is 0.0725 e. The Balaban J connectivity index is 1.70. The van der Waals surface area contributed by atoms with Gasteiger partial charge in [0.2, 0.25) is 0 Å². The molecule has 0 aliphatic heterocycles. The molecule has 0 amide bonds. The van der Waals surface area contributed by atoms with E-state index in [1.54, 1.807) is 0 Å². The molecule has 0 saturated carbocycles. The first-order chi connectivity index (χ1) is 17.2. The van der Waals surface area contributed by atoms with Gasteiger partial charge in [0.1, 0.15) is 0 Å². The average Bonchev–Trinajstić information content (AvgIpc) is 3.41. The van der Waals surface area contributed by atoms with Gasteiger partial charge in [-0.15, -0.1) is 0 Å². The second kappa shape index (κ2) is 5.87. The average molecular weight is 448 g/mol. The van der Waals surface area contributed by atoms with Crippen molar-refractivity contribution in [1.29, 1.82) is 0 Å². The fourth-order valence-electron chi connectivity index (χ4n) is 7.47. The van der Waals surface area contributed by atoms with Crippen molar-refractivity contribution in [2.24, 2.45) is 0 Å². The first-order valence-electron chi connectivity index (χ1n) is 12.3. The predicted molar refractivity (Wildman–Crippen MR) is 142 cm³/mol. The molecule has 0 bridgehead atoms. The molecule has 0 saturated heterocycles. The third-order valence-corrected chi connectivity index (χ3v) is 8.66. The molecule has 4 heterocycles. The van der Waals surface area contributed by atoms with Crippen molar-refractivity contribution in [3.63, 3.8) is 0 Å². The first kappa shape index (κ1) is 18.1. The Morgan fingerprint density at radius 1 is 0.686 bits per heavy atom. The van der Waals surface area contributed by atoms with Crippen LogP contribution in [0.3, 0.4) is 0 Å². The molecular weight excluding hydrogens is 426 g/mol. The Morgan fingerprint density at radius 3 is 1.74 bits per heavy atom. The lowest BCUT2D eigenvalue weighted by atomic mass is 9.60. The zero-order valence-corrected chi connectivity index (χ0v) is 19.3. The second-order valence-electron chi connectivity index (χ2n) is 10.6. The van der Waals surface area contributed by atoms with Crippen molar-refractivity contribution >= 4 is 38.1 Å². The van der Waals surface area contributed by atoms with Gasteiger partial charge >= 0.3 is 0 Å². The monoisotopic (exact) mass is 447 g/mol. The number of benzene rings is 3. The SMILES string of the molecule is CC12Cc3ccccc3-c3c1c(c1c4ccncc4n4c5cnccc5c3c14)-c1ccccc1C2. The molecule has 0 fully saturated rings. The van der Waals surface area contributed by atoms with E-state index in [4.69, 9.17) is 0 Å². The van der Waals surface area contributed by atoms with Gasteiger partial charge in [0.25, 0.3) is 0 Å². The van der Waals surface area contributed by atoms with Crippen LogP contribution in [0, 0.1) is 0 Å². The molecule has 164 valence electrons. The maximum absolute atomic E-state index is 4.55. The summed E-state index contributed by atoms with van der Waals surface area (Å²) in [6.45, 7) is 2.49. The molecule has 35 heavy (non-hydrogen) atoms. The molecule has 2 aliphatic rings. The molecule has 3 heteroatoms. The number of rotatable bonds is 0. The van der Waals surface area contributed by atoms with Crippen molar-refractivity contribution < 1.29 is 0 Å². The summed E-state index contributed by atoms with van der Waals surface area (Å²) in [5.74, 6) is 0. The molecule has 3 nitrogen and oxygen atoms in total. The van der Waals surface area contributed by atoms with Gasteiger partial charge in [0.05, 0.1) is 28.9 Å². The highest BCUT2D eigenvalue weighted by Gasteiger charge is 2.43. The van der Waals surface area contributed by atoms with E-state index >= 15 is 0 Å². The summed E-state index contributed by atoms with van der Waals surface area (Å²) >= 11 is 0. The van der Waals surface area contributed by atoms with Gasteiger partial charge in [-0.2, -0.15) is 0 Å². The third-order valence-electron chi connectivity index (χ3n) is 8.66. The molecule has 0 atom stereocenters. The van der Waals surface area contributed by atoms with E-state index in [2.05, 4.69) is 82.0 Å². The van der Waals surface area contributed by atoms with Gasteiger partial charge in [0.15, 0.2) is 0 Å². The minimum Gasteiger partial charge on any atom is -0.305 e. The van der Waals surface area contributed by atoms with Crippen LogP contribution in [-0.2, 0) is 18.3 Å². The van der Waals surface area contributed by atoms with E-state index in [9.17, 15) is 0 Å².